The first-order valence-electron chi connectivity index (χ1n) is 7.11. The molecule has 0 bridgehead atoms. The van der Waals surface area contributed by atoms with Crippen LogP contribution in [0.3, 0.4) is 0 Å². The molecule has 1 aromatic heterocycles. The lowest BCUT2D eigenvalue weighted by molar-refractivity contribution is 0.0914. The van der Waals surface area contributed by atoms with E-state index in [-0.39, 0.29) is 17.5 Å². The lowest BCUT2D eigenvalue weighted by Crippen LogP contribution is -2.40. The largest absolute Gasteiger partial charge is 0.382 e. The quantitative estimate of drug-likeness (QED) is 0.798. The normalized spacial score (nSPS) is 17.4. The molecule has 20 heavy (non-hydrogen) atoms. The van der Waals surface area contributed by atoms with Crippen molar-refractivity contribution in [1.29, 1.82) is 0 Å². The third-order valence-electron chi connectivity index (χ3n) is 3.56. The minimum absolute atomic E-state index is 0.0999. The molecule has 1 aliphatic carbocycles. The second-order valence-corrected chi connectivity index (χ2v) is 7.56. The number of hydrogen-bond acceptors (Lipinski definition) is 5. The second-order valence-electron chi connectivity index (χ2n) is 6.56. The topological polar surface area (TPSA) is 80.0 Å². The highest BCUT2D eigenvalue weighted by atomic mass is 32.1. The Hall–Kier alpha value is -1.30. The van der Waals surface area contributed by atoms with Gasteiger partial charge in [0.25, 0.3) is 5.91 Å². The van der Waals surface area contributed by atoms with Crippen molar-refractivity contribution in [2.75, 3.05) is 11.1 Å². The molecule has 1 aromatic rings. The van der Waals surface area contributed by atoms with Gasteiger partial charge in [0.15, 0.2) is 5.13 Å². The van der Waals surface area contributed by atoms with E-state index in [0.717, 1.165) is 0 Å². The second kappa shape index (κ2) is 5.60. The van der Waals surface area contributed by atoms with E-state index in [9.17, 15) is 4.79 Å². The monoisotopic (exact) mass is 296 g/mol. The van der Waals surface area contributed by atoms with Crippen LogP contribution in [0.15, 0.2) is 0 Å². The van der Waals surface area contributed by atoms with Gasteiger partial charge in [-0.25, -0.2) is 4.98 Å². The predicted octanol–water partition coefficient (Wildman–Crippen LogP) is 2.85. The Kier molecular flexibility index (Phi) is 4.22. The molecule has 2 rings (SSSR count). The van der Waals surface area contributed by atoms with Crippen molar-refractivity contribution in [1.82, 2.24) is 10.3 Å². The van der Waals surface area contributed by atoms with Crippen molar-refractivity contribution in [3.8, 4) is 0 Å². The fourth-order valence-electron chi connectivity index (χ4n) is 2.20. The zero-order valence-corrected chi connectivity index (χ0v) is 13.4. The average molecular weight is 296 g/mol. The maximum absolute atomic E-state index is 12.3. The molecule has 0 aliphatic heterocycles. The summed E-state index contributed by atoms with van der Waals surface area (Å²) in [7, 11) is 0. The van der Waals surface area contributed by atoms with Crippen molar-refractivity contribution in [3.05, 3.63) is 4.88 Å². The van der Waals surface area contributed by atoms with E-state index in [0.29, 0.717) is 21.7 Å². The summed E-state index contributed by atoms with van der Waals surface area (Å²) in [4.78, 5) is 17.0. The van der Waals surface area contributed by atoms with Crippen LogP contribution in [0.25, 0.3) is 0 Å². The Morgan fingerprint density at radius 2 is 2.10 bits per heavy atom. The van der Waals surface area contributed by atoms with Crippen LogP contribution >= 0.6 is 11.3 Å². The number of nitrogens with zero attached hydrogens (tertiary/aromatic N) is 1. The van der Waals surface area contributed by atoms with Gasteiger partial charge in [0.2, 0.25) is 0 Å². The third-order valence-corrected chi connectivity index (χ3v) is 4.54. The van der Waals surface area contributed by atoms with E-state index < -0.39 is 0 Å². The Bertz CT molecular complexity index is 488. The Balaban J connectivity index is 2.02. The lowest BCUT2D eigenvalue weighted by atomic mass is 9.80. The minimum atomic E-state index is -0.110. The molecule has 0 saturated heterocycles. The highest BCUT2D eigenvalue weighted by Crippen LogP contribution is 2.31. The van der Waals surface area contributed by atoms with Gasteiger partial charge in [-0.15, -0.1) is 0 Å². The zero-order valence-electron chi connectivity index (χ0n) is 12.6. The molecule has 1 unspecified atom stereocenters. The van der Waals surface area contributed by atoms with Gasteiger partial charge in [-0.1, -0.05) is 17.8 Å². The van der Waals surface area contributed by atoms with Crippen molar-refractivity contribution >= 4 is 28.2 Å². The number of hydrogen-bond donors (Lipinski definition) is 3. The summed E-state index contributed by atoms with van der Waals surface area (Å²) in [5.41, 5.74) is 5.76. The Morgan fingerprint density at radius 3 is 2.60 bits per heavy atom. The number of amides is 1. The number of carbonyl (C=O) groups is 1. The maximum Gasteiger partial charge on any atom is 0.265 e. The molecular weight excluding hydrogens is 272 g/mol. The van der Waals surface area contributed by atoms with Crippen molar-refractivity contribution < 1.29 is 4.79 Å². The lowest BCUT2D eigenvalue weighted by Gasteiger charge is -2.31. The van der Waals surface area contributed by atoms with E-state index in [1.165, 1.54) is 30.6 Å². The van der Waals surface area contributed by atoms with E-state index in [4.69, 9.17) is 5.73 Å². The molecular formula is C14H24N4OS. The first-order valence-corrected chi connectivity index (χ1v) is 7.93. The zero-order chi connectivity index (χ0) is 14.9. The Labute approximate surface area is 124 Å². The first kappa shape index (κ1) is 15.1. The van der Waals surface area contributed by atoms with Gasteiger partial charge < -0.3 is 16.4 Å². The van der Waals surface area contributed by atoms with Crippen molar-refractivity contribution in [2.45, 2.75) is 58.5 Å². The number of rotatable bonds is 4. The highest BCUT2D eigenvalue weighted by Gasteiger charge is 2.27. The standard InChI is InChI=1S/C14H24N4OS/c1-8(9-6-5-7-9)16-12(19)10-11(15)17-13(20-10)18-14(2,3)4/h8-9H,5-7,15H2,1-4H3,(H,16,19)(H,17,18). The summed E-state index contributed by atoms with van der Waals surface area (Å²) in [6, 6.07) is 0.205. The Morgan fingerprint density at radius 1 is 1.45 bits per heavy atom. The molecule has 0 spiro atoms. The van der Waals surface area contributed by atoms with E-state index in [1.54, 1.807) is 0 Å². The van der Waals surface area contributed by atoms with Crippen LogP contribution in [0.5, 0.6) is 0 Å². The SMILES string of the molecule is CC(NC(=O)c1sc(NC(C)(C)C)nc1N)C1CCC1. The summed E-state index contributed by atoms with van der Waals surface area (Å²) in [6.07, 6.45) is 3.68. The highest BCUT2D eigenvalue weighted by molar-refractivity contribution is 7.18. The summed E-state index contributed by atoms with van der Waals surface area (Å²) < 4.78 is 0. The van der Waals surface area contributed by atoms with Gasteiger partial charge >= 0.3 is 0 Å². The van der Waals surface area contributed by atoms with Gasteiger partial charge in [-0.05, 0) is 46.5 Å². The molecule has 1 amide bonds. The number of nitrogens with one attached hydrogen (secondary N) is 2. The van der Waals surface area contributed by atoms with Crippen LogP contribution in [0.2, 0.25) is 0 Å². The molecule has 1 fully saturated rings. The van der Waals surface area contributed by atoms with Crippen LogP contribution in [-0.2, 0) is 0 Å². The van der Waals surface area contributed by atoms with Crippen LogP contribution < -0.4 is 16.4 Å². The molecule has 1 heterocycles. The van der Waals surface area contributed by atoms with Gasteiger partial charge in [0.1, 0.15) is 10.7 Å². The number of nitrogen functional groups attached to an aromatic ring is 1. The molecule has 5 nitrogen and oxygen atoms in total. The van der Waals surface area contributed by atoms with Gasteiger partial charge in [0, 0.05) is 11.6 Å². The van der Waals surface area contributed by atoms with Crippen LogP contribution in [0.4, 0.5) is 10.9 Å². The van der Waals surface area contributed by atoms with Crippen LogP contribution in [-0.4, -0.2) is 22.5 Å². The van der Waals surface area contributed by atoms with Crippen molar-refractivity contribution in [3.63, 3.8) is 0 Å². The number of aromatic nitrogens is 1. The van der Waals surface area contributed by atoms with E-state index in [1.807, 2.05) is 20.8 Å². The van der Waals surface area contributed by atoms with Gasteiger partial charge in [-0.2, -0.15) is 0 Å². The molecule has 112 valence electrons. The molecule has 1 atom stereocenters. The maximum atomic E-state index is 12.3. The van der Waals surface area contributed by atoms with Crippen LogP contribution in [0.1, 0.15) is 56.6 Å². The number of thiazole rings is 1. The molecule has 0 radical (unpaired) electrons. The van der Waals surface area contributed by atoms with E-state index >= 15 is 0 Å². The molecule has 1 saturated carbocycles. The van der Waals surface area contributed by atoms with E-state index in [2.05, 4.69) is 22.5 Å². The summed E-state index contributed by atoms with van der Waals surface area (Å²) in [6.45, 7) is 8.20. The molecule has 0 aromatic carbocycles. The molecule has 6 heteroatoms. The molecule has 4 N–H and O–H groups in total. The molecule has 1 aliphatic rings. The summed E-state index contributed by atoms with van der Waals surface area (Å²) in [5, 5.41) is 6.97. The minimum Gasteiger partial charge on any atom is -0.382 e. The summed E-state index contributed by atoms with van der Waals surface area (Å²) in [5.74, 6) is 0.807. The van der Waals surface area contributed by atoms with Gasteiger partial charge in [0.05, 0.1) is 0 Å². The predicted molar refractivity (Wildman–Crippen MR) is 84.2 cm³/mol. The van der Waals surface area contributed by atoms with Crippen molar-refractivity contribution in [2.24, 2.45) is 5.92 Å². The third kappa shape index (κ3) is 3.62. The van der Waals surface area contributed by atoms with Crippen LogP contribution in [0, 0.1) is 5.92 Å². The smallest absolute Gasteiger partial charge is 0.265 e. The first-order chi connectivity index (χ1) is 9.26. The fourth-order valence-corrected chi connectivity index (χ4v) is 3.20. The fraction of sp³-hybridized carbons (Fsp3) is 0.714. The summed E-state index contributed by atoms with van der Waals surface area (Å²) >= 11 is 1.31. The number of anilines is 2. The number of carbonyl (C=O) groups excluding carboxylic acids is 1. The van der Waals surface area contributed by atoms with Gasteiger partial charge in [-0.3, -0.25) is 4.79 Å². The number of nitrogens with two attached hydrogens (primary N) is 1. The average Bonchev–Trinajstić information content (AvgIpc) is 2.53.